The smallest absolute Gasteiger partial charge is 0.187 e. The standard InChI is InChI=1S/C115H79N5/c1-115(2,3)94-71-109-112-110(72-94)120(114-103(90-44-26-40-85(64-90)78-32-14-7-15-33-78)68-93(82-54-57-95(117-4)58-55-82)69-104(114)91-45-27-41-86(65-91)79-34-16-8-17-35-79)108-73-96(118-105-48-22-20-46-97(105)98-47-21-23-49-106(98)118)59-61-100(108)111(112)99-60-56-87(80-36-18-9-19-37-80)70-107(99)119(109)113-101(88-42-24-38-83(62-88)76-28-10-5-11-29-76)66-92(81-52-50-75(74-116)51-53-81)67-102(113)89-43-25-39-84(63-89)77-30-12-6-13-31-77/h5-73,111H,1-3H3. The van der Waals surface area contributed by atoms with Crippen molar-refractivity contribution in [2.75, 3.05) is 9.80 Å². The van der Waals surface area contributed by atoms with E-state index in [1.54, 1.807) is 0 Å². The Labute approximate surface area is 700 Å². The minimum absolute atomic E-state index is 0.346. The Morgan fingerprint density at radius 1 is 0.283 bits per heavy atom. The molecule has 0 amide bonds. The van der Waals surface area contributed by atoms with Crippen molar-refractivity contribution >= 4 is 61.6 Å². The topological polar surface area (TPSA) is 39.6 Å². The first-order valence-electron chi connectivity index (χ1n) is 41.1. The van der Waals surface area contributed by atoms with E-state index in [4.69, 9.17) is 6.57 Å². The summed E-state index contributed by atoms with van der Waals surface area (Å²) in [4.78, 5) is 9.30. The summed E-state index contributed by atoms with van der Waals surface area (Å²) in [6.45, 7) is 15.3. The van der Waals surface area contributed by atoms with Gasteiger partial charge in [-0.2, -0.15) is 5.26 Å². The van der Waals surface area contributed by atoms with Gasteiger partial charge in [-0.25, -0.2) is 4.85 Å². The molecule has 0 aliphatic carbocycles. The molecular weight excluding hydrogens is 1450 g/mol. The van der Waals surface area contributed by atoms with Crippen molar-refractivity contribution in [1.82, 2.24) is 4.57 Å². The molecule has 1 atom stereocenters. The fourth-order valence-electron chi connectivity index (χ4n) is 18.5. The number of nitriles is 1. The number of para-hydroxylation sites is 2. The third-order valence-corrected chi connectivity index (χ3v) is 24.3. The molecule has 0 radical (unpaired) electrons. The first kappa shape index (κ1) is 72.1. The number of rotatable bonds is 14. The fraction of sp³-hybridized carbons (Fsp3) is 0.0435. The fourth-order valence-corrected chi connectivity index (χ4v) is 18.5. The Bertz CT molecular complexity index is 7050. The Balaban J connectivity index is 0.946. The van der Waals surface area contributed by atoms with E-state index in [1.165, 1.54) is 10.8 Å². The van der Waals surface area contributed by atoms with Crippen LogP contribution in [0.25, 0.3) is 155 Å². The molecule has 1 aromatic heterocycles. The third kappa shape index (κ3) is 12.8. The maximum Gasteiger partial charge on any atom is 0.187 e. The van der Waals surface area contributed by atoms with E-state index in [1.807, 2.05) is 24.3 Å². The first-order valence-corrected chi connectivity index (χ1v) is 41.1. The van der Waals surface area contributed by atoms with Gasteiger partial charge in [0.25, 0.3) is 0 Å². The minimum atomic E-state index is -0.449. The van der Waals surface area contributed by atoms with Gasteiger partial charge in [0.2, 0.25) is 0 Å². The van der Waals surface area contributed by atoms with E-state index in [0.29, 0.717) is 11.3 Å². The van der Waals surface area contributed by atoms with E-state index < -0.39 is 5.41 Å². The average molecular weight is 1530 g/mol. The maximum atomic E-state index is 10.4. The molecule has 1 unspecified atom stereocenters. The second-order valence-corrected chi connectivity index (χ2v) is 32.5. The Morgan fingerprint density at radius 3 is 0.975 bits per heavy atom. The SMILES string of the molecule is [C-]#[N+]c1ccc(-c2cc(-c3cccc(-c4ccccc4)c3)c(N3c4cc(-n5c6ccccc6c6ccccc65)ccc4C4c5ccc(-c6ccccc6)cc5N(c5c(-c6cccc(-c7ccccc7)c6)cc(-c6ccc(C#N)cc6)cc5-c5cccc(-c6ccccc6)c5)c5cc(C(C)(C)C)cc3c54)c(-c3cccc(-c4ccccc4)c3)c2)cc1. The van der Waals surface area contributed by atoms with Gasteiger partial charge in [-0.15, -0.1) is 0 Å². The second-order valence-electron chi connectivity index (χ2n) is 32.5. The summed E-state index contributed by atoms with van der Waals surface area (Å²) in [5.41, 5.74) is 38.3. The minimum Gasteiger partial charge on any atom is -0.309 e. The highest BCUT2D eigenvalue weighted by Gasteiger charge is 2.45. The van der Waals surface area contributed by atoms with Gasteiger partial charge in [0.15, 0.2) is 5.69 Å². The van der Waals surface area contributed by atoms with Crippen molar-refractivity contribution in [3.05, 3.63) is 458 Å². The zero-order valence-corrected chi connectivity index (χ0v) is 66.7. The molecule has 0 fully saturated rings. The zero-order chi connectivity index (χ0) is 80.5. The van der Waals surface area contributed by atoms with Crippen molar-refractivity contribution in [3.63, 3.8) is 0 Å². The van der Waals surface area contributed by atoms with Crippen molar-refractivity contribution in [2.24, 2.45) is 0 Å². The molecule has 5 nitrogen and oxygen atoms in total. The lowest BCUT2D eigenvalue weighted by atomic mass is 9.72. The van der Waals surface area contributed by atoms with Gasteiger partial charge in [-0.3, -0.25) is 0 Å². The van der Waals surface area contributed by atoms with Crippen LogP contribution in [-0.2, 0) is 5.41 Å². The molecule has 2 aliphatic rings. The average Bonchev–Trinajstić information content (AvgIpc) is 0.752. The van der Waals surface area contributed by atoms with Gasteiger partial charge in [0, 0.05) is 50.2 Å². The molecule has 120 heavy (non-hydrogen) atoms. The molecule has 0 saturated carbocycles. The van der Waals surface area contributed by atoms with Crippen LogP contribution in [0.2, 0.25) is 0 Å². The van der Waals surface area contributed by atoms with Crippen LogP contribution in [0.3, 0.4) is 0 Å². The number of hydrogen-bond donors (Lipinski definition) is 0. The predicted molar refractivity (Wildman–Crippen MR) is 501 cm³/mol. The van der Waals surface area contributed by atoms with Crippen LogP contribution >= 0.6 is 0 Å². The van der Waals surface area contributed by atoms with Gasteiger partial charge < -0.3 is 14.4 Å². The molecule has 19 aromatic rings. The molecule has 564 valence electrons. The Hall–Kier alpha value is -15.7. The number of anilines is 6. The molecule has 0 N–H and O–H groups in total. The predicted octanol–water partition coefficient (Wildman–Crippen LogP) is 31.6. The van der Waals surface area contributed by atoms with Crippen molar-refractivity contribution < 1.29 is 0 Å². The molecule has 2 aliphatic heterocycles. The third-order valence-electron chi connectivity index (χ3n) is 24.3. The first-order chi connectivity index (χ1) is 59.0. The molecule has 18 aromatic carbocycles. The molecular formula is C115H79N5. The van der Waals surface area contributed by atoms with Gasteiger partial charge in [-0.1, -0.05) is 336 Å². The van der Waals surface area contributed by atoms with E-state index in [9.17, 15) is 5.26 Å². The highest BCUT2D eigenvalue weighted by molar-refractivity contribution is 6.12. The van der Waals surface area contributed by atoms with Crippen LogP contribution in [0.4, 0.5) is 39.8 Å². The lowest BCUT2D eigenvalue weighted by Gasteiger charge is -2.47. The van der Waals surface area contributed by atoms with E-state index in [0.717, 1.165) is 195 Å². The van der Waals surface area contributed by atoms with Crippen LogP contribution in [0, 0.1) is 17.9 Å². The highest BCUT2D eigenvalue weighted by Crippen LogP contribution is 2.66. The van der Waals surface area contributed by atoms with Gasteiger partial charge >= 0.3 is 0 Å². The largest absolute Gasteiger partial charge is 0.309 e. The van der Waals surface area contributed by atoms with Gasteiger partial charge in [0.05, 0.1) is 63.4 Å². The van der Waals surface area contributed by atoms with Crippen LogP contribution in [0.1, 0.15) is 54.5 Å². The number of aromatic nitrogens is 1. The van der Waals surface area contributed by atoms with Crippen LogP contribution in [0.15, 0.2) is 419 Å². The second kappa shape index (κ2) is 29.9. The number of benzene rings is 18. The van der Waals surface area contributed by atoms with Crippen LogP contribution in [-0.4, -0.2) is 4.57 Å². The number of fused-ring (bicyclic) bond motifs is 7. The molecule has 0 saturated heterocycles. The highest BCUT2D eigenvalue weighted by atomic mass is 15.2. The molecule has 3 heterocycles. The van der Waals surface area contributed by atoms with Crippen LogP contribution in [0.5, 0.6) is 0 Å². The van der Waals surface area contributed by atoms with Crippen molar-refractivity contribution in [1.29, 1.82) is 5.26 Å². The zero-order valence-electron chi connectivity index (χ0n) is 66.7. The number of hydrogen-bond acceptors (Lipinski definition) is 3. The summed E-state index contributed by atoms with van der Waals surface area (Å²) in [5, 5.41) is 12.7. The summed E-state index contributed by atoms with van der Waals surface area (Å²) in [7, 11) is 0. The molecule has 0 bridgehead atoms. The summed E-state index contributed by atoms with van der Waals surface area (Å²) in [5.74, 6) is -0.346. The molecule has 21 rings (SSSR count). The summed E-state index contributed by atoms with van der Waals surface area (Å²) < 4.78 is 2.48. The van der Waals surface area contributed by atoms with Gasteiger partial charge in [-0.05, 0) is 225 Å². The number of nitrogens with zero attached hydrogens (tertiary/aromatic N) is 5. The van der Waals surface area contributed by atoms with Crippen molar-refractivity contribution in [2.45, 2.75) is 32.1 Å². The quantitative estimate of drug-likeness (QED) is 0.102. The van der Waals surface area contributed by atoms with Crippen molar-refractivity contribution in [3.8, 4) is 134 Å². The summed E-state index contributed by atoms with van der Waals surface area (Å²) >= 11 is 0. The van der Waals surface area contributed by atoms with E-state index in [-0.39, 0.29) is 5.92 Å². The maximum absolute atomic E-state index is 10.4. The normalized spacial score (nSPS) is 12.7. The van der Waals surface area contributed by atoms with Crippen LogP contribution < -0.4 is 9.80 Å². The molecule has 5 heteroatoms. The van der Waals surface area contributed by atoms with E-state index in [2.05, 4.69) is 440 Å². The lowest BCUT2D eigenvalue weighted by molar-refractivity contribution is 0.590. The van der Waals surface area contributed by atoms with Gasteiger partial charge in [0.1, 0.15) is 0 Å². The monoisotopic (exact) mass is 1530 g/mol. The molecule has 0 spiro atoms. The summed E-state index contributed by atoms with van der Waals surface area (Å²) in [6.07, 6.45) is 0. The Morgan fingerprint density at radius 2 is 0.600 bits per heavy atom. The Kier molecular flexibility index (Phi) is 17.9. The lowest BCUT2D eigenvalue weighted by Crippen LogP contribution is -2.31. The summed E-state index contributed by atoms with van der Waals surface area (Å²) in [6, 6.07) is 156. The van der Waals surface area contributed by atoms with E-state index >= 15 is 0 Å².